The lowest BCUT2D eigenvalue weighted by molar-refractivity contribution is 0.0359. The van der Waals surface area contributed by atoms with Crippen LogP contribution in [0.15, 0.2) is 24.3 Å². The fourth-order valence-corrected chi connectivity index (χ4v) is 5.07. The highest BCUT2D eigenvalue weighted by Crippen LogP contribution is 2.42. The van der Waals surface area contributed by atoms with Crippen LogP contribution in [-0.4, -0.2) is 36.5 Å². The molecule has 1 saturated carbocycles. The summed E-state index contributed by atoms with van der Waals surface area (Å²) >= 11 is 0. The lowest BCUT2D eigenvalue weighted by Gasteiger charge is -2.41. The van der Waals surface area contributed by atoms with Crippen LogP contribution in [-0.2, 0) is 4.74 Å². The van der Waals surface area contributed by atoms with Gasteiger partial charge in [0.15, 0.2) is 0 Å². The third-order valence-corrected chi connectivity index (χ3v) is 6.55. The molecule has 1 fully saturated rings. The molecule has 2 aliphatic rings. The summed E-state index contributed by atoms with van der Waals surface area (Å²) < 4.78 is 5.32. The zero-order chi connectivity index (χ0) is 18.7. The van der Waals surface area contributed by atoms with Crippen molar-refractivity contribution in [2.24, 2.45) is 17.8 Å². The number of amides is 2. The topological polar surface area (TPSA) is 46.6 Å². The molecule has 3 rings (SSSR count). The van der Waals surface area contributed by atoms with Gasteiger partial charge in [-0.1, -0.05) is 38.8 Å². The molecular formula is C22H31NO3. The molecule has 0 spiro atoms. The summed E-state index contributed by atoms with van der Waals surface area (Å²) in [7, 11) is 1.68. The third-order valence-electron chi connectivity index (χ3n) is 6.55. The van der Waals surface area contributed by atoms with E-state index in [1.165, 1.54) is 19.3 Å². The van der Waals surface area contributed by atoms with E-state index < -0.39 is 0 Å². The Bertz CT molecular complexity index is 622. The first kappa shape index (κ1) is 19.1. The number of methoxy groups -OCH3 is 1. The van der Waals surface area contributed by atoms with Crippen LogP contribution in [0, 0.1) is 17.8 Å². The molecule has 26 heavy (non-hydrogen) atoms. The molecule has 1 aromatic rings. The Morgan fingerprint density at radius 1 is 1.04 bits per heavy atom. The van der Waals surface area contributed by atoms with E-state index in [-0.39, 0.29) is 17.9 Å². The van der Waals surface area contributed by atoms with Crippen molar-refractivity contribution in [2.45, 2.75) is 58.4 Å². The van der Waals surface area contributed by atoms with E-state index in [0.29, 0.717) is 29.6 Å². The van der Waals surface area contributed by atoms with E-state index >= 15 is 0 Å². The van der Waals surface area contributed by atoms with E-state index in [0.717, 1.165) is 25.2 Å². The highest BCUT2D eigenvalue weighted by molar-refractivity contribution is 6.21. The quantitative estimate of drug-likeness (QED) is 0.673. The largest absolute Gasteiger partial charge is 0.385 e. The van der Waals surface area contributed by atoms with Gasteiger partial charge >= 0.3 is 0 Å². The Morgan fingerprint density at radius 2 is 1.65 bits per heavy atom. The molecule has 4 atom stereocenters. The summed E-state index contributed by atoms with van der Waals surface area (Å²) in [6.07, 6.45) is 6.52. The van der Waals surface area contributed by atoms with Gasteiger partial charge in [0.05, 0.1) is 11.1 Å². The van der Waals surface area contributed by atoms with Gasteiger partial charge in [-0.2, -0.15) is 0 Å². The number of hydrogen-bond acceptors (Lipinski definition) is 3. The van der Waals surface area contributed by atoms with Crippen molar-refractivity contribution in [3.63, 3.8) is 0 Å². The van der Waals surface area contributed by atoms with Crippen molar-refractivity contribution in [1.82, 2.24) is 4.90 Å². The maximum Gasteiger partial charge on any atom is 0.261 e. The average molecular weight is 357 g/mol. The molecule has 4 heteroatoms. The van der Waals surface area contributed by atoms with E-state index in [1.54, 1.807) is 24.1 Å². The molecule has 4 nitrogen and oxygen atoms in total. The monoisotopic (exact) mass is 357 g/mol. The zero-order valence-electron chi connectivity index (χ0n) is 16.2. The number of imide groups is 1. The van der Waals surface area contributed by atoms with Crippen molar-refractivity contribution < 1.29 is 14.3 Å². The number of carbonyl (C=O) groups excluding carboxylic acids is 2. The van der Waals surface area contributed by atoms with Crippen LogP contribution in [0.2, 0.25) is 0 Å². The maximum atomic E-state index is 13.0. The number of rotatable bonds is 7. The number of fused-ring (bicyclic) bond motifs is 1. The Kier molecular flexibility index (Phi) is 6.13. The van der Waals surface area contributed by atoms with Gasteiger partial charge in [-0.05, 0) is 55.6 Å². The zero-order valence-corrected chi connectivity index (χ0v) is 16.2. The lowest BCUT2D eigenvalue weighted by Crippen LogP contribution is -2.47. The number of hydrogen-bond donors (Lipinski definition) is 0. The minimum absolute atomic E-state index is 0.0609. The first-order valence-corrected chi connectivity index (χ1v) is 10.1. The van der Waals surface area contributed by atoms with Gasteiger partial charge in [0.1, 0.15) is 0 Å². The minimum Gasteiger partial charge on any atom is -0.385 e. The molecule has 0 bridgehead atoms. The maximum absolute atomic E-state index is 13.0. The number of carbonyl (C=O) groups is 2. The van der Waals surface area contributed by atoms with Crippen LogP contribution < -0.4 is 0 Å². The molecule has 4 unspecified atom stereocenters. The van der Waals surface area contributed by atoms with Crippen molar-refractivity contribution in [3.05, 3.63) is 35.4 Å². The van der Waals surface area contributed by atoms with Gasteiger partial charge in [-0.3, -0.25) is 14.5 Å². The fourth-order valence-electron chi connectivity index (χ4n) is 5.07. The van der Waals surface area contributed by atoms with Crippen LogP contribution in [0.3, 0.4) is 0 Å². The van der Waals surface area contributed by atoms with Gasteiger partial charge < -0.3 is 4.74 Å². The molecule has 1 heterocycles. The predicted octanol–water partition coefficient (Wildman–Crippen LogP) is 4.54. The molecule has 2 amide bonds. The molecule has 0 radical (unpaired) electrons. The number of nitrogens with zero attached hydrogens (tertiary/aromatic N) is 1. The van der Waals surface area contributed by atoms with E-state index in [1.807, 2.05) is 12.1 Å². The Balaban J connectivity index is 1.85. The van der Waals surface area contributed by atoms with Crippen LogP contribution in [0.5, 0.6) is 0 Å². The summed E-state index contributed by atoms with van der Waals surface area (Å²) in [4.78, 5) is 27.5. The highest BCUT2D eigenvalue weighted by Gasteiger charge is 2.44. The van der Waals surface area contributed by atoms with Crippen LogP contribution >= 0.6 is 0 Å². The van der Waals surface area contributed by atoms with Crippen LogP contribution in [0.4, 0.5) is 0 Å². The van der Waals surface area contributed by atoms with Crippen molar-refractivity contribution in [1.29, 1.82) is 0 Å². The second-order valence-electron chi connectivity index (χ2n) is 7.78. The van der Waals surface area contributed by atoms with Crippen LogP contribution in [0.25, 0.3) is 0 Å². The van der Waals surface area contributed by atoms with Crippen molar-refractivity contribution >= 4 is 11.8 Å². The Hall–Kier alpha value is -1.68. The molecule has 1 aliphatic heterocycles. The molecule has 0 saturated heterocycles. The molecule has 1 aliphatic carbocycles. The van der Waals surface area contributed by atoms with E-state index in [2.05, 4.69) is 13.8 Å². The first-order valence-electron chi connectivity index (χ1n) is 10.1. The van der Waals surface area contributed by atoms with Gasteiger partial charge in [-0.15, -0.1) is 0 Å². The summed E-state index contributed by atoms with van der Waals surface area (Å²) in [6.45, 7) is 5.12. The fraction of sp³-hybridized carbons (Fsp3) is 0.636. The highest BCUT2D eigenvalue weighted by atomic mass is 16.5. The summed E-state index contributed by atoms with van der Waals surface area (Å²) in [5.41, 5.74) is 1.10. The lowest BCUT2D eigenvalue weighted by atomic mass is 9.69. The van der Waals surface area contributed by atoms with Crippen molar-refractivity contribution in [3.8, 4) is 0 Å². The second-order valence-corrected chi connectivity index (χ2v) is 7.78. The minimum atomic E-state index is -0.127. The molecule has 1 aromatic carbocycles. The third kappa shape index (κ3) is 3.44. The SMILES string of the molecule is CCC1CCC(C(CCOC)N2C(=O)c3ccccc3C2=O)CC1CC. The molecule has 0 N–H and O–H groups in total. The normalized spacial score (nSPS) is 26.9. The predicted molar refractivity (Wildman–Crippen MR) is 102 cm³/mol. The van der Waals surface area contributed by atoms with E-state index in [4.69, 9.17) is 4.74 Å². The summed E-state index contributed by atoms with van der Waals surface area (Å²) in [5.74, 6) is 1.59. The smallest absolute Gasteiger partial charge is 0.261 e. The summed E-state index contributed by atoms with van der Waals surface area (Å²) in [5, 5.41) is 0. The molecular weight excluding hydrogens is 326 g/mol. The Labute approximate surface area is 156 Å². The van der Waals surface area contributed by atoms with Gasteiger partial charge in [0, 0.05) is 19.8 Å². The first-order chi connectivity index (χ1) is 12.6. The average Bonchev–Trinajstić information content (AvgIpc) is 2.93. The summed E-state index contributed by atoms with van der Waals surface area (Å²) in [6, 6.07) is 7.14. The number of ether oxygens (including phenoxy) is 1. The van der Waals surface area contributed by atoms with Crippen LogP contribution in [0.1, 0.15) is 73.1 Å². The standard InChI is InChI=1S/C22H31NO3/c1-4-15-10-11-17(14-16(15)5-2)20(12-13-26-3)23-21(24)18-8-6-7-9-19(18)22(23)25/h6-9,15-17,20H,4-5,10-14H2,1-3H3. The van der Waals surface area contributed by atoms with E-state index in [9.17, 15) is 9.59 Å². The second kappa shape index (κ2) is 8.34. The van der Waals surface area contributed by atoms with Crippen molar-refractivity contribution in [2.75, 3.05) is 13.7 Å². The van der Waals surface area contributed by atoms with Gasteiger partial charge in [0.25, 0.3) is 11.8 Å². The van der Waals surface area contributed by atoms with Gasteiger partial charge in [-0.25, -0.2) is 0 Å². The Morgan fingerprint density at radius 3 is 2.19 bits per heavy atom. The van der Waals surface area contributed by atoms with Gasteiger partial charge in [0.2, 0.25) is 0 Å². The molecule has 0 aromatic heterocycles. The number of benzene rings is 1. The molecule has 142 valence electrons.